The van der Waals surface area contributed by atoms with E-state index in [2.05, 4.69) is 228 Å². The van der Waals surface area contributed by atoms with Crippen LogP contribution in [0.25, 0.3) is 91.5 Å². The van der Waals surface area contributed by atoms with Crippen LogP contribution < -0.4 is 4.90 Å². The van der Waals surface area contributed by atoms with Gasteiger partial charge >= 0.3 is 0 Å². The standard InChI is InChI=1S/C56H36N2S/c1-2-14-40-34-42(25-24-37(40)12-1)41-15-11-16-44(35-41)57(45-31-33-55-51(36-45)49-20-7-10-23-54(49)59-55)43-29-26-39(27-30-43)46-17-5-8-21-52(46)58-53-22-9-6-19-48(53)50-32-28-38-13-3-4-18-47(38)56(50)58/h1-36H. The summed E-state index contributed by atoms with van der Waals surface area (Å²) < 4.78 is 5.08. The monoisotopic (exact) mass is 768 g/mol. The van der Waals surface area contributed by atoms with E-state index in [9.17, 15) is 0 Å². The summed E-state index contributed by atoms with van der Waals surface area (Å²) in [6.07, 6.45) is 0. The lowest BCUT2D eigenvalue weighted by atomic mass is 10.00. The molecule has 0 bridgehead atoms. The molecule has 0 aliphatic carbocycles. The Balaban J connectivity index is 1.02. The number of thiophene rings is 1. The lowest BCUT2D eigenvalue weighted by Gasteiger charge is -2.26. The Hall–Kier alpha value is -7.46. The fraction of sp³-hybridized carbons (Fsp3) is 0. The van der Waals surface area contributed by atoms with Crippen molar-refractivity contribution >= 4 is 91.9 Å². The van der Waals surface area contributed by atoms with Crippen LogP contribution in [0.4, 0.5) is 17.1 Å². The number of hydrogen-bond donors (Lipinski definition) is 0. The number of fused-ring (bicyclic) bond motifs is 9. The van der Waals surface area contributed by atoms with Crippen LogP contribution in [0.1, 0.15) is 0 Å². The zero-order valence-electron chi connectivity index (χ0n) is 32.1. The molecule has 0 saturated carbocycles. The summed E-state index contributed by atoms with van der Waals surface area (Å²) in [6, 6.07) is 80.1. The number of para-hydroxylation sites is 2. The predicted octanol–water partition coefficient (Wildman–Crippen LogP) is 16.3. The van der Waals surface area contributed by atoms with Gasteiger partial charge in [0.1, 0.15) is 0 Å². The molecule has 2 aromatic heterocycles. The molecule has 59 heavy (non-hydrogen) atoms. The number of benzene rings is 10. The molecule has 12 rings (SSSR count). The van der Waals surface area contributed by atoms with E-state index in [0.29, 0.717) is 0 Å². The largest absolute Gasteiger partial charge is 0.310 e. The lowest BCUT2D eigenvalue weighted by molar-refractivity contribution is 1.19. The third kappa shape index (κ3) is 5.55. The van der Waals surface area contributed by atoms with Crippen molar-refractivity contribution in [1.29, 1.82) is 0 Å². The minimum absolute atomic E-state index is 1.10. The van der Waals surface area contributed by atoms with Gasteiger partial charge in [-0.05, 0) is 99.6 Å². The van der Waals surface area contributed by atoms with E-state index in [1.54, 1.807) is 0 Å². The van der Waals surface area contributed by atoms with Gasteiger partial charge in [0.15, 0.2) is 0 Å². The first-order valence-corrected chi connectivity index (χ1v) is 21.0. The Labute approximate surface area is 346 Å². The van der Waals surface area contributed by atoms with Gasteiger partial charge in [0.2, 0.25) is 0 Å². The number of nitrogens with zero attached hydrogens (tertiary/aromatic N) is 2. The molecule has 276 valence electrons. The van der Waals surface area contributed by atoms with Crippen LogP contribution in [-0.2, 0) is 0 Å². The van der Waals surface area contributed by atoms with Crippen LogP contribution in [0.5, 0.6) is 0 Å². The second kappa shape index (κ2) is 13.6. The van der Waals surface area contributed by atoms with Crippen LogP contribution in [-0.4, -0.2) is 4.57 Å². The third-order valence-corrected chi connectivity index (χ3v) is 13.1. The van der Waals surface area contributed by atoms with Crippen molar-refractivity contribution in [3.05, 3.63) is 218 Å². The first-order valence-electron chi connectivity index (χ1n) is 20.2. The van der Waals surface area contributed by atoms with E-state index in [4.69, 9.17) is 0 Å². The molecule has 0 spiro atoms. The van der Waals surface area contributed by atoms with Crippen molar-refractivity contribution < 1.29 is 0 Å². The van der Waals surface area contributed by atoms with Gasteiger partial charge in [-0.25, -0.2) is 0 Å². The smallest absolute Gasteiger partial charge is 0.0619 e. The topological polar surface area (TPSA) is 8.17 Å². The normalized spacial score (nSPS) is 11.7. The first kappa shape index (κ1) is 33.7. The molecule has 10 aromatic carbocycles. The molecule has 0 atom stereocenters. The molecule has 2 heterocycles. The highest BCUT2D eigenvalue weighted by Gasteiger charge is 2.19. The van der Waals surface area contributed by atoms with Gasteiger partial charge in [-0.3, -0.25) is 0 Å². The summed E-state index contributed by atoms with van der Waals surface area (Å²) in [5, 5.41) is 10.1. The average Bonchev–Trinajstić information content (AvgIpc) is 3.85. The highest BCUT2D eigenvalue weighted by atomic mass is 32.1. The molecule has 0 aliphatic heterocycles. The van der Waals surface area contributed by atoms with Gasteiger partial charge in [0.25, 0.3) is 0 Å². The van der Waals surface area contributed by atoms with Gasteiger partial charge < -0.3 is 9.47 Å². The van der Waals surface area contributed by atoms with Crippen molar-refractivity contribution in [3.63, 3.8) is 0 Å². The summed E-state index contributed by atoms with van der Waals surface area (Å²) in [5.41, 5.74) is 11.7. The van der Waals surface area contributed by atoms with Crippen LogP contribution in [0.3, 0.4) is 0 Å². The molecule has 0 radical (unpaired) electrons. The first-order chi connectivity index (χ1) is 29.2. The number of aromatic nitrogens is 1. The van der Waals surface area contributed by atoms with Crippen molar-refractivity contribution in [2.24, 2.45) is 0 Å². The molecule has 3 heteroatoms. The van der Waals surface area contributed by atoms with Gasteiger partial charge in [0, 0.05) is 59.0 Å². The molecule has 0 fully saturated rings. The molecule has 0 saturated heterocycles. The van der Waals surface area contributed by atoms with Gasteiger partial charge in [-0.1, -0.05) is 152 Å². The van der Waals surface area contributed by atoms with Crippen molar-refractivity contribution in [3.8, 4) is 27.9 Å². The molecule has 0 aliphatic rings. The van der Waals surface area contributed by atoms with Gasteiger partial charge in [0.05, 0.1) is 16.7 Å². The number of hydrogen-bond acceptors (Lipinski definition) is 2. The molecular formula is C56H36N2S. The van der Waals surface area contributed by atoms with E-state index in [-0.39, 0.29) is 0 Å². The second-order valence-electron chi connectivity index (χ2n) is 15.3. The molecule has 0 N–H and O–H groups in total. The highest BCUT2D eigenvalue weighted by molar-refractivity contribution is 7.25. The summed E-state index contributed by atoms with van der Waals surface area (Å²) in [7, 11) is 0. The van der Waals surface area contributed by atoms with E-state index < -0.39 is 0 Å². The van der Waals surface area contributed by atoms with Crippen molar-refractivity contribution in [2.45, 2.75) is 0 Å². The molecule has 0 amide bonds. The quantitative estimate of drug-likeness (QED) is 0.164. The lowest BCUT2D eigenvalue weighted by Crippen LogP contribution is -2.10. The minimum atomic E-state index is 1.10. The van der Waals surface area contributed by atoms with Crippen molar-refractivity contribution in [2.75, 3.05) is 4.90 Å². The van der Waals surface area contributed by atoms with Crippen LogP contribution >= 0.6 is 11.3 Å². The minimum Gasteiger partial charge on any atom is -0.310 e. The summed E-state index contributed by atoms with van der Waals surface area (Å²) in [6.45, 7) is 0. The average molecular weight is 769 g/mol. The van der Waals surface area contributed by atoms with E-state index in [1.165, 1.54) is 85.8 Å². The Bertz CT molecular complexity index is 3570. The summed E-state index contributed by atoms with van der Waals surface area (Å²) in [5.74, 6) is 0. The highest BCUT2D eigenvalue weighted by Crippen LogP contribution is 2.43. The summed E-state index contributed by atoms with van der Waals surface area (Å²) in [4.78, 5) is 2.41. The third-order valence-electron chi connectivity index (χ3n) is 11.9. The van der Waals surface area contributed by atoms with Crippen LogP contribution in [0.15, 0.2) is 218 Å². The fourth-order valence-electron chi connectivity index (χ4n) is 9.18. The SMILES string of the molecule is c1cc(-c2ccc3ccccc3c2)cc(N(c2ccc(-c3ccccc3-n3c4ccccc4c4ccc5ccccc5c43)cc2)c2ccc3sc4ccccc4c3c2)c1. The Morgan fingerprint density at radius 3 is 1.88 bits per heavy atom. The molecule has 0 unspecified atom stereocenters. The summed E-state index contributed by atoms with van der Waals surface area (Å²) >= 11 is 1.86. The molecule has 12 aromatic rings. The van der Waals surface area contributed by atoms with E-state index in [0.717, 1.165) is 22.7 Å². The maximum Gasteiger partial charge on any atom is 0.0619 e. The predicted molar refractivity (Wildman–Crippen MR) is 254 cm³/mol. The Kier molecular flexibility index (Phi) is 7.75. The zero-order chi connectivity index (χ0) is 38.9. The van der Waals surface area contributed by atoms with E-state index >= 15 is 0 Å². The van der Waals surface area contributed by atoms with Gasteiger partial charge in [-0.2, -0.15) is 0 Å². The Morgan fingerprint density at radius 1 is 0.339 bits per heavy atom. The van der Waals surface area contributed by atoms with Gasteiger partial charge in [-0.15, -0.1) is 11.3 Å². The van der Waals surface area contributed by atoms with Crippen LogP contribution in [0.2, 0.25) is 0 Å². The van der Waals surface area contributed by atoms with Crippen molar-refractivity contribution in [1.82, 2.24) is 4.57 Å². The van der Waals surface area contributed by atoms with E-state index in [1.807, 2.05) is 11.3 Å². The fourth-order valence-corrected chi connectivity index (χ4v) is 10.3. The number of anilines is 3. The molecule has 2 nitrogen and oxygen atoms in total. The molecular weight excluding hydrogens is 733 g/mol. The second-order valence-corrected chi connectivity index (χ2v) is 16.4. The maximum absolute atomic E-state index is 2.47. The van der Waals surface area contributed by atoms with Crippen LogP contribution in [0, 0.1) is 0 Å². The Morgan fingerprint density at radius 2 is 0.983 bits per heavy atom. The zero-order valence-corrected chi connectivity index (χ0v) is 32.9. The number of rotatable bonds is 6. The maximum atomic E-state index is 2.47.